The normalized spacial score (nSPS) is 10.7. The first-order valence-electron chi connectivity index (χ1n) is 11.7. The maximum Gasteiger partial charge on any atom is 0.253 e. The molecule has 0 saturated carbocycles. The van der Waals surface area contributed by atoms with Crippen molar-refractivity contribution in [3.05, 3.63) is 107 Å². The summed E-state index contributed by atoms with van der Waals surface area (Å²) in [4.78, 5) is 35.2. The molecule has 0 atom stereocenters. The summed E-state index contributed by atoms with van der Waals surface area (Å²) in [5, 5.41) is 2.81. The maximum absolute atomic E-state index is 13.2. The van der Waals surface area contributed by atoms with Gasteiger partial charge in [-0.05, 0) is 61.4 Å². The number of nitrogens with zero attached hydrogens (tertiary/aromatic N) is 3. The van der Waals surface area contributed by atoms with Crippen LogP contribution in [0, 0.1) is 19.8 Å². The van der Waals surface area contributed by atoms with Gasteiger partial charge in [0.2, 0.25) is 11.9 Å². The maximum atomic E-state index is 13.2. The number of nitrogens with one attached hydrogen (secondary N) is 1. The number of para-hydroxylation sites is 1. The minimum absolute atomic E-state index is 0.0113. The molecule has 2 heterocycles. The van der Waals surface area contributed by atoms with Gasteiger partial charge < -0.3 is 5.32 Å². The minimum atomic E-state index is -0.546. The van der Waals surface area contributed by atoms with Crippen molar-refractivity contribution in [3.63, 3.8) is 0 Å². The number of carbonyl (C=O) groups excluding carboxylic acids is 2. The van der Waals surface area contributed by atoms with E-state index in [1.165, 1.54) is 12.3 Å². The molecule has 0 aliphatic rings. The number of amides is 2. The third kappa shape index (κ3) is 5.46. The summed E-state index contributed by atoms with van der Waals surface area (Å²) in [5.41, 5.74) is 5.93. The van der Waals surface area contributed by atoms with Crippen LogP contribution in [0.3, 0.4) is 0 Å². The van der Waals surface area contributed by atoms with Crippen molar-refractivity contribution in [2.45, 2.75) is 33.7 Å². The molecule has 182 valence electrons. The topological polar surface area (TPSA) is 75.2 Å². The molecule has 2 aromatic heterocycles. The van der Waals surface area contributed by atoms with Gasteiger partial charge in [0.05, 0.1) is 16.9 Å². The Hall–Kier alpha value is -4.39. The van der Waals surface area contributed by atoms with Gasteiger partial charge in [0.15, 0.2) is 0 Å². The molecule has 0 unspecified atom stereocenters. The predicted molar refractivity (Wildman–Crippen MR) is 138 cm³/mol. The van der Waals surface area contributed by atoms with Crippen molar-refractivity contribution in [2.24, 2.45) is 0 Å². The number of benzene rings is 2. The van der Waals surface area contributed by atoms with Gasteiger partial charge in [-0.15, -0.1) is 0 Å². The van der Waals surface area contributed by atoms with Crippen LogP contribution >= 0.6 is 0 Å². The second kappa shape index (κ2) is 10.9. The zero-order valence-corrected chi connectivity index (χ0v) is 20.5. The van der Waals surface area contributed by atoms with Gasteiger partial charge in [-0.2, -0.15) is 4.39 Å². The molecule has 4 rings (SSSR count). The summed E-state index contributed by atoms with van der Waals surface area (Å²) in [6.07, 6.45) is 1.91. The zero-order valence-electron chi connectivity index (χ0n) is 20.5. The number of aromatic nitrogens is 2. The zero-order chi connectivity index (χ0) is 25.7. The van der Waals surface area contributed by atoms with Crippen LogP contribution in [0.15, 0.2) is 79.0 Å². The first-order chi connectivity index (χ1) is 17.4. The highest BCUT2D eigenvalue weighted by molar-refractivity contribution is 6.01. The highest BCUT2D eigenvalue weighted by Gasteiger charge is 2.18. The van der Waals surface area contributed by atoms with Gasteiger partial charge in [0, 0.05) is 36.1 Å². The van der Waals surface area contributed by atoms with Crippen LogP contribution in [-0.2, 0) is 11.3 Å². The van der Waals surface area contributed by atoms with E-state index >= 15 is 0 Å². The smallest absolute Gasteiger partial charge is 0.253 e. The van der Waals surface area contributed by atoms with Crippen LogP contribution in [0.2, 0.25) is 0 Å². The molecule has 0 aliphatic carbocycles. The van der Waals surface area contributed by atoms with Crippen molar-refractivity contribution in [1.29, 1.82) is 0 Å². The Labute approximate surface area is 209 Å². The number of halogens is 1. The van der Waals surface area contributed by atoms with Crippen LogP contribution in [-0.4, -0.2) is 21.8 Å². The van der Waals surface area contributed by atoms with Gasteiger partial charge in [0.1, 0.15) is 0 Å². The SMILES string of the molecule is CCC(=O)N(c1ccc(-c2ccc(C(=O)NCc3ccc(F)nc3C)cn2)cc1)c1ccccc1C. The lowest BCUT2D eigenvalue weighted by atomic mass is 10.1. The molecule has 2 amide bonds. The van der Waals surface area contributed by atoms with E-state index in [4.69, 9.17) is 0 Å². The number of aryl methyl sites for hydroxylation is 2. The molecule has 0 aliphatic heterocycles. The Morgan fingerprint density at radius 2 is 1.69 bits per heavy atom. The molecular weight excluding hydrogens is 455 g/mol. The van der Waals surface area contributed by atoms with Gasteiger partial charge in [-0.25, -0.2) is 4.98 Å². The van der Waals surface area contributed by atoms with E-state index in [0.29, 0.717) is 23.4 Å². The number of pyridine rings is 2. The van der Waals surface area contributed by atoms with Crippen molar-refractivity contribution in [1.82, 2.24) is 15.3 Å². The number of anilines is 2. The summed E-state index contributed by atoms with van der Waals surface area (Å²) in [5.74, 6) is -0.813. The van der Waals surface area contributed by atoms with Gasteiger partial charge >= 0.3 is 0 Å². The van der Waals surface area contributed by atoms with E-state index in [1.54, 1.807) is 30.0 Å². The molecule has 1 N–H and O–H groups in total. The molecule has 2 aromatic carbocycles. The Morgan fingerprint density at radius 3 is 2.33 bits per heavy atom. The first-order valence-corrected chi connectivity index (χ1v) is 11.7. The highest BCUT2D eigenvalue weighted by Crippen LogP contribution is 2.30. The standard InChI is InChI=1S/C29H27FN4O2/c1-4-28(35)34(26-8-6-5-7-19(26)2)24-13-9-21(10-14-24)25-15-11-23(18-31-25)29(36)32-17-22-12-16-27(30)33-20(22)3/h5-16,18H,4,17H2,1-3H3,(H,32,36). The lowest BCUT2D eigenvalue weighted by Gasteiger charge is -2.24. The lowest BCUT2D eigenvalue weighted by Crippen LogP contribution is -2.25. The second-order valence-corrected chi connectivity index (χ2v) is 8.41. The Kier molecular flexibility index (Phi) is 7.49. The van der Waals surface area contributed by atoms with E-state index in [2.05, 4.69) is 15.3 Å². The van der Waals surface area contributed by atoms with E-state index in [-0.39, 0.29) is 18.4 Å². The molecule has 4 aromatic rings. The molecule has 7 heteroatoms. The Balaban J connectivity index is 1.48. The molecule has 0 fully saturated rings. The average molecular weight is 483 g/mol. The lowest BCUT2D eigenvalue weighted by molar-refractivity contribution is -0.117. The van der Waals surface area contributed by atoms with E-state index in [9.17, 15) is 14.0 Å². The van der Waals surface area contributed by atoms with E-state index in [1.807, 2.05) is 62.4 Å². The average Bonchev–Trinajstić information content (AvgIpc) is 2.89. The molecule has 0 saturated heterocycles. The van der Waals surface area contributed by atoms with Gasteiger partial charge in [-0.1, -0.05) is 43.3 Å². The molecular formula is C29H27FN4O2. The van der Waals surface area contributed by atoms with Crippen LogP contribution in [0.25, 0.3) is 11.3 Å². The molecule has 36 heavy (non-hydrogen) atoms. The number of hydrogen-bond acceptors (Lipinski definition) is 4. The number of rotatable bonds is 7. The van der Waals surface area contributed by atoms with Crippen LogP contribution in [0.4, 0.5) is 15.8 Å². The van der Waals surface area contributed by atoms with Gasteiger partial charge in [0.25, 0.3) is 5.91 Å². The minimum Gasteiger partial charge on any atom is -0.348 e. The monoisotopic (exact) mass is 482 g/mol. The fraction of sp³-hybridized carbons (Fsp3) is 0.172. The first kappa shape index (κ1) is 24.7. The molecule has 0 spiro atoms. The van der Waals surface area contributed by atoms with Crippen molar-refractivity contribution in [2.75, 3.05) is 4.90 Å². The van der Waals surface area contributed by atoms with Crippen molar-refractivity contribution in [3.8, 4) is 11.3 Å². The fourth-order valence-corrected chi connectivity index (χ4v) is 3.89. The number of carbonyl (C=O) groups is 2. The molecule has 6 nitrogen and oxygen atoms in total. The summed E-state index contributed by atoms with van der Waals surface area (Å²) in [7, 11) is 0. The number of hydrogen-bond donors (Lipinski definition) is 1. The van der Waals surface area contributed by atoms with Crippen LogP contribution in [0.5, 0.6) is 0 Å². The molecule has 0 radical (unpaired) electrons. The summed E-state index contributed by atoms with van der Waals surface area (Å²) in [6.45, 7) is 5.78. The third-order valence-electron chi connectivity index (χ3n) is 5.96. The van der Waals surface area contributed by atoms with E-state index < -0.39 is 5.95 Å². The third-order valence-corrected chi connectivity index (χ3v) is 5.96. The molecule has 0 bridgehead atoms. The van der Waals surface area contributed by atoms with Crippen LogP contribution < -0.4 is 10.2 Å². The van der Waals surface area contributed by atoms with Gasteiger partial charge in [-0.3, -0.25) is 19.5 Å². The van der Waals surface area contributed by atoms with Crippen LogP contribution in [0.1, 0.15) is 40.5 Å². The largest absolute Gasteiger partial charge is 0.348 e. The Bertz CT molecular complexity index is 1390. The summed E-state index contributed by atoms with van der Waals surface area (Å²) >= 11 is 0. The fourth-order valence-electron chi connectivity index (χ4n) is 3.89. The van der Waals surface area contributed by atoms with Crippen molar-refractivity contribution < 1.29 is 14.0 Å². The quantitative estimate of drug-likeness (QED) is 0.333. The highest BCUT2D eigenvalue weighted by atomic mass is 19.1. The predicted octanol–water partition coefficient (Wildman–Crippen LogP) is 5.90. The van der Waals surface area contributed by atoms with E-state index in [0.717, 1.165) is 28.1 Å². The Morgan fingerprint density at radius 1 is 0.944 bits per heavy atom. The summed E-state index contributed by atoms with van der Waals surface area (Å²) in [6, 6.07) is 21.8. The summed E-state index contributed by atoms with van der Waals surface area (Å²) < 4.78 is 13.2. The second-order valence-electron chi connectivity index (χ2n) is 8.41. The van der Waals surface area contributed by atoms with Crippen molar-refractivity contribution >= 4 is 23.2 Å².